The molecule has 0 unspecified atom stereocenters. The Balaban J connectivity index is 0.00000279. The molecule has 5 heterocycles. The van der Waals surface area contributed by atoms with Crippen LogP contribution in [0.5, 0.6) is 0 Å². The first kappa shape index (κ1) is 48.2. The van der Waals surface area contributed by atoms with Gasteiger partial charge < -0.3 is 33.1 Å². The maximum absolute atomic E-state index is 3.76. The maximum Gasteiger partial charge on any atom is 0.0515 e. The molecule has 0 aliphatic heterocycles. The summed E-state index contributed by atoms with van der Waals surface area (Å²) in [6, 6.07) is 63.7. The van der Waals surface area contributed by atoms with Crippen molar-refractivity contribution >= 4 is 124 Å². The van der Waals surface area contributed by atoms with Crippen LogP contribution in [0.2, 0.25) is 0 Å². The van der Waals surface area contributed by atoms with Gasteiger partial charge >= 0.3 is 0 Å². The Morgan fingerprint density at radius 1 is 0.354 bits per heavy atom. The van der Waals surface area contributed by atoms with Crippen LogP contribution >= 0.6 is 0 Å². The highest BCUT2D eigenvalue weighted by Crippen LogP contribution is 2.44. The van der Waals surface area contributed by atoms with Crippen molar-refractivity contribution < 1.29 is 0 Å². The molecule has 15 rings (SSSR count). The zero-order valence-electron chi connectivity index (χ0n) is 46.5. The monoisotopic (exact) mass is 1030 g/mol. The lowest BCUT2D eigenvalue weighted by atomic mass is 10.0. The fourth-order valence-electron chi connectivity index (χ4n) is 13.5. The molecule has 0 atom stereocenters. The van der Waals surface area contributed by atoms with Crippen molar-refractivity contribution in [2.24, 2.45) is 28.2 Å². The van der Waals surface area contributed by atoms with Crippen molar-refractivity contribution in [3.63, 3.8) is 0 Å². The van der Waals surface area contributed by atoms with Crippen LogP contribution in [0, 0.1) is 13.8 Å². The zero-order valence-corrected chi connectivity index (χ0v) is 46.5. The summed E-state index contributed by atoms with van der Waals surface area (Å²) in [5, 5.41) is 12.9. The van der Waals surface area contributed by atoms with Gasteiger partial charge in [0, 0.05) is 132 Å². The highest BCUT2D eigenvalue weighted by atomic mass is 15.2. The van der Waals surface area contributed by atoms with Crippen molar-refractivity contribution in [3.8, 4) is 22.5 Å². The van der Waals surface area contributed by atoms with Gasteiger partial charge in [-0.15, -0.1) is 0 Å². The lowest BCUT2D eigenvalue weighted by Crippen LogP contribution is -2.29. The van der Waals surface area contributed by atoms with Gasteiger partial charge in [0.05, 0.1) is 27.9 Å². The molecule has 0 saturated heterocycles. The molecule has 2 aliphatic rings. The lowest BCUT2D eigenvalue weighted by molar-refractivity contribution is 0.909. The Morgan fingerprint density at radius 2 is 0.759 bits per heavy atom. The summed E-state index contributed by atoms with van der Waals surface area (Å²) in [6.45, 7) is 8.56. The average molecular weight is 1030 g/mol. The van der Waals surface area contributed by atoms with E-state index in [-0.39, 0.29) is 0 Å². The molecule has 13 aromatic rings. The van der Waals surface area contributed by atoms with Crippen LogP contribution in [0.4, 0.5) is 34.1 Å². The van der Waals surface area contributed by atoms with E-state index in [1.807, 2.05) is 13.8 Å². The molecular formula is C72H65N7. The smallest absolute Gasteiger partial charge is 0.0515 e. The third-order valence-corrected chi connectivity index (χ3v) is 17.4. The van der Waals surface area contributed by atoms with Gasteiger partial charge in [0.15, 0.2) is 0 Å². The van der Waals surface area contributed by atoms with Gasteiger partial charge in [-0.05, 0) is 147 Å². The van der Waals surface area contributed by atoms with E-state index in [1.165, 1.54) is 115 Å². The summed E-state index contributed by atoms with van der Waals surface area (Å²) in [4.78, 5) is 8.60. The van der Waals surface area contributed by atoms with Gasteiger partial charge in [0.2, 0.25) is 0 Å². The molecular weight excluding hydrogens is 963 g/mol. The quantitative estimate of drug-likeness (QED) is 0.165. The summed E-state index contributed by atoms with van der Waals surface area (Å²) >= 11 is 0. The number of nitrogens with one attached hydrogen (secondary N) is 1. The van der Waals surface area contributed by atoms with Crippen LogP contribution in [-0.4, -0.2) is 23.3 Å². The first-order chi connectivity index (χ1) is 38.7. The molecule has 0 saturated carbocycles. The number of hydrogen-bond donors (Lipinski definition) is 1. The summed E-state index contributed by atoms with van der Waals surface area (Å²) < 4.78 is 9.43. The van der Waals surface area contributed by atoms with Crippen LogP contribution in [0.25, 0.3) is 112 Å². The lowest BCUT2D eigenvalue weighted by Gasteiger charge is -2.26. The van der Waals surface area contributed by atoms with E-state index >= 15 is 0 Å². The number of H-pyrrole nitrogens is 1. The van der Waals surface area contributed by atoms with E-state index in [9.17, 15) is 0 Å². The van der Waals surface area contributed by atoms with Crippen molar-refractivity contribution in [1.82, 2.24) is 23.3 Å². The first-order valence-corrected chi connectivity index (χ1v) is 28.2. The number of nitrogens with zero attached hydrogens (tertiary/aromatic N) is 6. The Kier molecular flexibility index (Phi) is 11.5. The molecule has 0 fully saturated rings. The molecule has 388 valence electrons. The van der Waals surface area contributed by atoms with E-state index in [0.29, 0.717) is 0 Å². The van der Waals surface area contributed by atoms with Gasteiger partial charge in [-0.1, -0.05) is 123 Å². The van der Waals surface area contributed by atoms with Gasteiger partial charge in [0.1, 0.15) is 0 Å². The van der Waals surface area contributed by atoms with E-state index < -0.39 is 0 Å². The number of aryl methyl sites for hydroxylation is 3. The van der Waals surface area contributed by atoms with Crippen LogP contribution in [0.15, 0.2) is 170 Å². The van der Waals surface area contributed by atoms with Gasteiger partial charge in [-0.25, -0.2) is 0 Å². The molecule has 5 aromatic heterocycles. The Bertz CT molecular complexity index is 4880. The first-order valence-electron chi connectivity index (χ1n) is 28.2. The topological polar surface area (TPSA) is 42.0 Å². The summed E-state index contributed by atoms with van der Waals surface area (Å²) in [6.07, 6.45) is 13.8. The molecule has 0 bridgehead atoms. The van der Waals surface area contributed by atoms with Crippen molar-refractivity contribution in [2.45, 2.75) is 53.4 Å². The number of fused-ring (bicyclic) bond motifs is 12. The van der Waals surface area contributed by atoms with E-state index in [1.54, 1.807) is 0 Å². The minimum absolute atomic E-state index is 1.07. The molecule has 7 heteroatoms. The summed E-state index contributed by atoms with van der Waals surface area (Å²) in [5.41, 5.74) is 21.4. The zero-order chi connectivity index (χ0) is 53.8. The highest BCUT2D eigenvalue weighted by molar-refractivity contribution is 6.10. The minimum atomic E-state index is 1.07. The van der Waals surface area contributed by atoms with Gasteiger partial charge in [0.25, 0.3) is 0 Å². The fraction of sp³-hybridized carbons (Fsp3) is 0.167. The van der Waals surface area contributed by atoms with Crippen LogP contribution in [-0.2, 0) is 28.2 Å². The molecule has 7 nitrogen and oxygen atoms in total. The van der Waals surface area contributed by atoms with Crippen molar-refractivity contribution in [3.05, 3.63) is 202 Å². The second kappa shape index (κ2) is 18.8. The van der Waals surface area contributed by atoms with Crippen molar-refractivity contribution in [2.75, 3.05) is 9.80 Å². The average Bonchev–Trinajstić information content (AvgIpc) is 4.30. The number of rotatable bonds is 8. The van der Waals surface area contributed by atoms with Gasteiger partial charge in [-0.3, -0.25) is 0 Å². The fourth-order valence-corrected chi connectivity index (χ4v) is 13.5. The highest BCUT2D eigenvalue weighted by Gasteiger charge is 2.23. The second-order valence-corrected chi connectivity index (χ2v) is 21.5. The molecule has 8 aromatic carbocycles. The molecule has 0 amide bonds. The number of benzene rings is 8. The van der Waals surface area contributed by atoms with E-state index in [2.05, 4.69) is 269 Å². The van der Waals surface area contributed by atoms with Crippen LogP contribution in [0.1, 0.15) is 50.7 Å². The van der Waals surface area contributed by atoms with Crippen LogP contribution < -0.4 is 30.9 Å². The second-order valence-electron chi connectivity index (χ2n) is 21.5. The molecule has 2 aliphatic carbocycles. The number of para-hydroxylation sites is 2. The maximum atomic E-state index is 3.76. The largest absolute Gasteiger partial charge is 0.355 e. The number of aromatic nitrogens is 5. The number of aromatic amines is 1. The number of hydrogen-bond acceptors (Lipinski definition) is 2. The molecule has 1 N–H and O–H groups in total. The summed E-state index contributed by atoms with van der Waals surface area (Å²) in [7, 11) is 8.81. The Hall–Kier alpha value is -9.20. The molecule has 0 spiro atoms. The van der Waals surface area contributed by atoms with Crippen molar-refractivity contribution in [1.29, 1.82) is 0 Å². The minimum Gasteiger partial charge on any atom is -0.355 e. The van der Waals surface area contributed by atoms with E-state index in [0.717, 1.165) is 65.3 Å². The third kappa shape index (κ3) is 7.46. The molecule has 0 radical (unpaired) electrons. The number of anilines is 6. The van der Waals surface area contributed by atoms with Crippen LogP contribution in [0.3, 0.4) is 0 Å². The SMILES string of the molecule is CC.Cc1c(C)c(-c2ccc(N(c3ccc4c5c(n(C)c4c3)=CCCC=5)c3ccc4c5ccccc5n(C)c4c3)cc2)n(C)c1-c1ccc(N(c2ccc3c4c([nH]c3c2)=CCCC=4)c2ccc3c4ccccc4n(C)c3c2)cc1. The molecule has 79 heavy (non-hydrogen) atoms. The Morgan fingerprint density at radius 3 is 1.29 bits per heavy atom. The predicted molar refractivity (Wildman–Crippen MR) is 338 cm³/mol. The standard InChI is InChI=1S/C70H59N7.C2H6/c1-43-44(2)70(46-25-29-48(30-26-46)77(51-33-37-59-56-17-9-13-21-64(56)73(4)67(59)41-51)52-34-38-60-57-18-10-14-22-65(57)74(5)68(60)42-52)75(6)69(43)45-23-27-47(28-24-45)76(49-31-35-54-53-15-7-11-19-61(53)71-62(54)39-49)50-32-36-58-55-16-8-12-20-63(55)72(3)66(58)40-50;1-2/h8-9,12-13,15-42,71H,7,10-11,14H2,1-6H3;1-2H3. The Labute approximate surface area is 460 Å². The predicted octanol–water partition coefficient (Wildman–Crippen LogP) is 15.9. The third-order valence-electron chi connectivity index (χ3n) is 17.4. The van der Waals surface area contributed by atoms with Gasteiger partial charge in [-0.2, -0.15) is 0 Å². The summed E-state index contributed by atoms with van der Waals surface area (Å²) in [5.74, 6) is 0. The normalized spacial score (nSPS) is 13.0. The van der Waals surface area contributed by atoms with E-state index in [4.69, 9.17) is 0 Å².